The highest BCUT2D eigenvalue weighted by atomic mass is 16.6. The van der Waals surface area contributed by atoms with Gasteiger partial charge >= 0.3 is 0 Å². The van der Waals surface area contributed by atoms with Crippen molar-refractivity contribution in [1.29, 1.82) is 0 Å². The van der Waals surface area contributed by atoms with Crippen molar-refractivity contribution in [2.45, 2.75) is 18.9 Å². The van der Waals surface area contributed by atoms with Gasteiger partial charge in [-0.3, -0.25) is 14.9 Å². The fraction of sp³-hybridized carbons (Fsp3) is 0.296. The molecule has 3 aromatic rings. The zero-order chi connectivity index (χ0) is 23.5. The Morgan fingerprint density at radius 3 is 2.47 bits per heavy atom. The summed E-state index contributed by atoms with van der Waals surface area (Å²) in [6.07, 6.45) is 1.27. The van der Waals surface area contributed by atoms with Gasteiger partial charge in [-0.05, 0) is 42.2 Å². The number of hydrogen-bond donors (Lipinski definition) is 1. The minimum Gasteiger partial charge on any atom is -0.368 e. The summed E-state index contributed by atoms with van der Waals surface area (Å²) in [6.45, 7) is 2.89. The number of nitrogens with one attached hydrogen (secondary N) is 1. The molecule has 0 aromatic heterocycles. The Bertz CT molecular complexity index is 1170. The van der Waals surface area contributed by atoms with E-state index in [0.717, 1.165) is 43.0 Å². The Morgan fingerprint density at radius 2 is 1.74 bits per heavy atom. The number of nitro benzene ring substituents is 1. The van der Waals surface area contributed by atoms with E-state index in [1.165, 1.54) is 5.56 Å². The topological polar surface area (TPSA) is 78.7 Å². The monoisotopic (exact) mass is 456 g/mol. The zero-order valence-corrected chi connectivity index (χ0v) is 19.0. The summed E-state index contributed by atoms with van der Waals surface area (Å²) in [5.74, 6) is -0.269. The number of para-hydroxylation sites is 1. The Labute approximate surface area is 199 Å². The van der Waals surface area contributed by atoms with Crippen LogP contribution < -0.4 is 15.1 Å². The summed E-state index contributed by atoms with van der Waals surface area (Å²) < 4.78 is 0. The Morgan fingerprint density at radius 1 is 1.00 bits per heavy atom. The number of amides is 1. The number of fused-ring (bicyclic) bond motifs is 3. The normalized spacial score (nSPS) is 19.2. The van der Waals surface area contributed by atoms with Gasteiger partial charge in [0.25, 0.3) is 5.69 Å². The molecule has 2 aliphatic rings. The van der Waals surface area contributed by atoms with Gasteiger partial charge in [-0.2, -0.15) is 0 Å². The lowest BCUT2D eigenvalue weighted by atomic mass is 9.83. The van der Waals surface area contributed by atoms with Crippen LogP contribution in [0.5, 0.6) is 0 Å². The van der Waals surface area contributed by atoms with Crippen molar-refractivity contribution in [3.63, 3.8) is 0 Å². The van der Waals surface area contributed by atoms with Crippen molar-refractivity contribution in [2.75, 3.05) is 36.0 Å². The average molecular weight is 457 g/mol. The van der Waals surface area contributed by atoms with Crippen LogP contribution in [0.25, 0.3) is 0 Å². The summed E-state index contributed by atoms with van der Waals surface area (Å²) >= 11 is 0. The lowest BCUT2D eigenvalue weighted by Crippen LogP contribution is -2.61. The molecule has 34 heavy (non-hydrogen) atoms. The van der Waals surface area contributed by atoms with Gasteiger partial charge in [0.2, 0.25) is 5.91 Å². The number of carbonyl (C=O) groups excluding carboxylic acids is 1. The van der Waals surface area contributed by atoms with Crippen molar-refractivity contribution < 1.29 is 9.72 Å². The summed E-state index contributed by atoms with van der Waals surface area (Å²) in [5, 5.41) is 14.5. The molecule has 0 unspecified atom stereocenters. The molecule has 7 heteroatoms. The van der Waals surface area contributed by atoms with E-state index < -0.39 is 0 Å². The lowest BCUT2D eigenvalue weighted by molar-refractivity contribution is -0.384. The molecule has 0 spiro atoms. The second-order valence-electron chi connectivity index (χ2n) is 8.95. The molecule has 1 N–H and O–H groups in total. The van der Waals surface area contributed by atoms with E-state index in [1.54, 1.807) is 12.1 Å². The van der Waals surface area contributed by atoms with Crippen LogP contribution in [0.3, 0.4) is 0 Å². The molecule has 1 saturated heterocycles. The van der Waals surface area contributed by atoms with Gasteiger partial charge in [0.15, 0.2) is 0 Å². The summed E-state index contributed by atoms with van der Waals surface area (Å²) in [6, 6.07) is 25.4. The van der Waals surface area contributed by atoms with Crippen LogP contribution in [0.2, 0.25) is 0 Å². The van der Waals surface area contributed by atoms with E-state index in [0.29, 0.717) is 13.0 Å². The molecule has 1 fully saturated rings. The van der Waals surface area contributed by atoms with Crippen molar-refractivity contribution in [3.8, 4) is 0 Å². The smallest absolute Gasteiger partial charge is 0.269 e. The third-order valence-corrected chi connectivity index (χ3v) is 6.92. The van der Waals surface area contributed by atoms with Crippen molar-refractivity contribution in [2.24, 2.45) is 5.92 Å². The zero-order valence-electron chi connectivity index (χ0n) is 19.0. The predicted molar refractivity (Wildman–Crippen MR) is 133 cm³/mol. The van der Waals surface area contributed by atoms with Crippen LogP contribution in [0, 0.1) is 16.0 Å². The number of nitro groups is 1. The molecule has 7 nitrogen and oxygen atoms in total. The molecule has 1 amide bonds. The summed E-state index contributed by atoms with van der Waals surface area (Å²) in [4.78, 5) is 29.0. The van der Waals surface area contributed by atoms with Gasteiger partial charge < -0.3 is 15.1 Å². The largest absolute Gasteiger partial charge is 0.368 e. The van der Waals surface area contributed by atoms with Crippen molar-refractivity contribution >= 4 is 23.0 Å². The minimum atomic E-state index is -0.366. The van der Waals surface area contributed by atoms with Crippen LogP contribution in [-0.2, 0) is 17.6 Å². The van der Waals surface area contributed by atoms with Crippen LogP contribution >= 0.6 is 0 Å². The van der Waals surface area contributed by atoms with Gasteiger partial charge in [-0.15, -0.1) is 0 Å². The minimum absolute atomic E-state index is 0.000336. The fourth-order valence-electron chi connectivity index (χ4n) is 5.20. The highest BCUT2D eigenvalue weighted by Gasteiger charge is 2.42. The molecule has 0 aliphatic carbocycles. The molecule has 174 valence electrons. The second kappa shape index (κ2) is 9.55. The Hall–Kier alpha value is -3.87. The molecule has 0 radical (unpaired) electrons. The van der Waals surface area contributed by atoms with Crippen LogP contribution in [-0.4, -0.2) is 43.1 Å². The number of rotatable bonds is 6. The first-order valence-electron chi connectivity index (χ1n) is 11.8. The maximum Gasteiger partial charge on any atom is 0.269 e. The number of anilines is 2. The molecule has 2 heterocycles. The van der Waals surface area contributed by atoms with E-state index in [4.69, 9.17) is 0 Å². The molecule has 2 aliphatic heterocycles. The maximum atomic E-state index is 13.4. The van der Waals surface area contributed by atoms with Gasteiger partial charge in [0, 0.05) is 49.7 Å². The van der Waals surface area contributed by atoms with Crippen molar-refractivity contribution in [1.82, 2.24) is 5.32 Å². The first kappa shape index (κ1) is 21.9. The highest BCUT2D eigenvalue weighted by Crippen LogP contribution is 2.38. The van der Waals surface area contributed by atoms with Crippen LogP contribution in [0.15, 0.2) is 78.9 Å². The van der Waals surface area contributed by atoms with Crippen molar-refractivity contribution in [3.05, 3.63) is 100 Å². The van der Waals surface area contributed by atoms with Crippen LogP contribution in [0.4, 0.5) is 17.1 Å². The predicted octanol–water partition coefficient (Wildman–Crippen LogP) is 3.82. The van der Waals surface area contributed by atoms with Gasteiger partial charge in [0.05, 0.1) is 16.9 Å². The number of non-ortho nitro benzene ring substituents is 1. The van der Waals surface area contributed by atoms with E-state index in [-0.39, 0.29) is 28.5 Å². The number of hydrogen-bond acceptors (Lipinski definition) is 5. The highest BCUT2D eigenvalue weighted by molar-refractivity contribution is 5.82. The second-order valence-corrected chi connectivity index (χ2v) is 8.95. The lowest BCUT2D eigenvalue weighted by Gasteiger charge is -2.49. The molecular weight excluding hydrogens is 428 g/mol. The van der Waals surface area contributed by atoms with Gasteiger partial charge in [0.1, 0.15) is 0 Å². The molecular formula is C27H28N4O3. The summed E-state index contributed by atoms with van der Waals surface area (Å²) in [5.41, 5.74) is 4.30. The Balaban J connectivity index is 1.39. The third kappa shape index (κ3) is 4.46. The van der Waals surface area contributed by atoms with E-state index in [2.05, 4.69) is 39.4 Å². The molecule has 0 bridgehead atoms. The fourth-order valence-corrected chi connectivity index (χ4v) is 5.20. The summed E-state index contributed by atoms with van der Waals surface area (Å²) in [7, 11) is 0. The number of carbonyl (C=O) groups is 1. The first-order valence-corrected chi connectivity index (χ1v) is 11.8. The van der Waals surface area contributed by atoms with Crippen LogP contribution in [0.1, 0.15) is 11.1 Å². The quantitative estimate of drug-likeness (QED) is 0.451. The standard InChI is InChI=1S/C27H28N4O3/c32-27(28-14-13-20-7-3-1-4-8-20)24-18-21-17-23(31(33)34)11-12-25(21)30-16-15-29(19-26(24)30)22-9-5-2-6-10-22/h1-12,17,24,26H,13-16,18-19H2,(H,28,32)/t24-,26-/m0/s1. The van der Waals surface area contributed by atoms with Gasteiger partial charge in [-0.25, -0.2) is 0 Å². The molecule has 3 aromatic carbocycles. The van der Waals surface area contributed by atoms with Gasteiger partial charge in [-0.1, -0.05) is 48.5 Å². The first-order chi connectivity index (χ1) is 16.6. The van der Waals surface area contributed by atoms with E-state index in [1.807, 2.05) is 42.5 Å². The third-order valence-electron chi connectivity index (χ3n) is 6.92. The molecule has 5 rings (SSSR count). The average Bonchev–Trinajstić information content (AvgIpc) is 2.88. The number of piperazine rings is 1. The SMILES string of the molecule is O=C(NCCc1ccccc1)[C@H]1Cc2cc([N+](=O)[O-])ccc2N2CCN(c3ccccc3)C[C@@H]12. The molecule has 0 saturated carbocycles. The molecule has 2 atom stereocenters. The number of nitrogens with zero attached hydrogens (tertiary/aromatic N) is 3. The maximum absolute atomic E-state index is 13.4. The van der Waals surface area contributed by atoms with E-state index >= 15 is 0 Å². The Kier molecular flexibility index (Phi) is 6.16. The number of benzene rings is 3. The van der Waals surface area contributed by atoms with E-state index in [9.17, 15) is 14.9 Å².